The first-order chi connectivity index (χ1) is 21.2. The molecule has 0 unspecified atom stereocenters. The lowest BCUT2D eigenvalue weighted by Gasteiger charge is -2.33. The van der Waals surface area contributed by atoms with Crippen LogP contribution in [0, 0.1) is 13.8 Å². The number of benzene rings is 4. The molecule has 0 spiro atoms. The van der Waals surface area contributed by atoms with Crippen molar-refractivity contribution in [3.05, 3.63) is 120 Å². The molecule has 4 aromatic carbocycles. The van der Waals surface area contributed by atoms with E-state index in [9.17, 15) is 18.0 Å². The van der Waals surface area contributed by atoms with Gasteiger partial charge in [0.25, 0.3) is 10.0 Å². The fourth-order valence-corrected chi connectivity index (χ4v) is 6.03. The van der Waals surface area contributed by atoms with Gasteiger partial charge in [-0.2, -0.15) is 0 Å². The van der Waals surface area contributed by atoms with Gasteiger partial charge in [0.05, 0.1) is 10.6 Å². The van der Waals surface area contributed by atoms with E-state index in [-0.39, 0.29) is 23.0 Å². The maximum absolute atomic E-state index is 14.2. The Morgan fingerprint density at radius 2 is 1.31 bits per heavy atom. The number of para-hydroxylation sites is 1. The van der Waals surface area contributed by atoms with Gasteiger partial charge in [-0.15, -0.1) is 0 Å². The lowest BCUT2D eigenvalue weighted by molar-refractivity contribution is -0.140. The zero-order valence-electron chi connectivity index (χ0n) is 26.7. The highest BCUT2D eigenvalue weighted by atomic mass is 32.2. The number of carbonyl (C=O) groups is 2. The summed E-state index contributed by atoms with van der Waals surface area (Å²) in [5.74, 6) is 0.294. The van der Waals surface area contributed by atoms with Gasteiger partial charge in [0.15, 0.2) is 0 Å². The minimum atomic E-state index is -4.18. The Balaban J connectivity index is 1.71. The lowest BCUT2D eigenvalue weighted by atomic mass is 10.1. The number of sulfonamides is 1. The largest absolute Gasteiger partial charge is 0.457 e. The third-order valence-electron chi connectivity index (χ3n) is 7.13. The van der Waals surface area contributed by atoms with Crippen LogP contribution in [0.5, 0.6) is 11.5 Å². The Hall–Kier alpha value is -4.63. The van der Waals surface area contributed by atoms with E-state index < -0.39 is 34.1 Å². The zero-order chi connectivity index (χ0) is 32.8. The Morgan fingerprint density at radius 3 is 1.87 bits per heavy atom. The van der Waals surface area contributed by atoms with Crippen molar-refractivity contribution in [3.8, 4) is 11.5 Å². The van der Waals surface area contributed by atoms with Gasteiger partial charge in [0.2, 0.25) is 11.8 Å². The summed E-state index contributed by atoms with van der Waals surface area (Å²) in [5.41, 5.74) is 2.55. The van der Waals surface area contributed by atoms with Crippen LogP contribution in [0.2, 0.25) is 0 Å². The van der Waals surface area contributed by atoms with Crippen molar-refractivity contribution in [1.82, 2.24) is 10.2 Å². The second-order valence-corrected chi connectivity index (χ2v) is 14.0. The SMILES string of the molecule is Cc1ccc(CN(C(=O)CN(c2ccc(Oc3ccccc3)cc2)S(=O)(=O)c2ccc(C)cc2)[C@H](C)C(=O)NC(C)(C)C)cc1. The molecular formula is C36H41N3O5S. The van der Waals surface area contributed by atoms with Crippen LogP contribution in [0.15, 0.2) is 108 Å². The average molecular weight is 628 g/mol. The van der Waals surface area contributed by atoms with Gasteiger partial charge < -0.3 is 15.0 Å². The topological polar surface area (TPSA) is 96.0 Å². The molecule has 0 aliphatic rings. The summed E-state index contributed by atoms with van der Waals surface area (Å²) in [5, 5.41) is 2.94. The Morgan fingerprint density at radius 1 is 0.778 bits per heavy atom. The third kappa shape index (κ3) is 8.95. The quantitative estimate of drug-likeness (QED) is 0.202. The highest BCUT2D eigenvalue weighted by Gasteiger charge is 2.33. The van der Waals surface area contributed by atoms with Crippen LogP contribution in [0.3, 0.4) is 0 Å². The summed E-state index contributed by atoms with van der Waals surface area (Å²) in [6, 6.07) is 29.1. The van der Waals surface area contributed by atoms with Crippen molar-refractivity contribution in [2.45, 2.75) is 64.6 Å². The van der Waals surface area contributed by atoms with Crippen molar-refractivity contribution in [2.24, 2.45) is 0 Å². The summed E-state index contributed by atoms with van der Waals surface area (Å²) in [6.45, 7) is 10.7. The molecule has 4 rings (SSSR count). The summed E-state index contributed by atoms with van der Waals surface area (Å²) >= 11 is 0. The van der Waals surface area contributed by atoms with Gasteiger partial charge >= 0.3 is 0 Å². The second kappa shape index (κ2) is 14.0. The third-order valence-corrected chi connectivity index (χ3v) is 8.92. The number of amides is 2. The van der Waals surface area contributed by atoms with E-state index in [0.717, 1.165) is 21.0 Å². The molecule has 0 saturated carbocycles. The highest BCUT2D eigenvalue weighted by molar-refractivity contribution is 7.92. The number of nitrogens with one attached hydrogen (secondary N) is 1. The van der Waals surface area contributed by atoms with Crippen LogP contribution in [0.1, 0.15) is 44.4 Å². The molecule has 0 aliphatic heterocycles. The molecule has 8 nitrogen and oxygen atoms in total. The molecule has 4 aromatic rings. The fourth-order valence-electron chi connectivity index (χ4n) is 4.62. The van der Waals surface area contributed by atoms with Crippen molar-refractivity contribution >= 4 is 27.5 Å². The van der Waals surface area contributed by atoms with Gasteiger partial charge in [-0.3, -0.25) is 13.9 Å². The number of ether oxygens (including phenoxy) is 1. The van der Waals surface area contributed by atoms with Gasteiger partial charge in [0, 0.05) is 12.1 Å². The van der Waals surface area contributed by atoms with Crippen LogP contribution < -0.4 is 14.4 Å². The summed E-state index contributed by atoms with van der Waals surface area (Å²) < 4.78 is 35.2. The molecule has 0 aliphatic carbocycles. The van der Waals surface area contributed by atoms with E-state index in [2.05, 4.69) is 5.32 Å². The molecule has 2 amide bonds. The number of rotatable bonds is 11. The molecule has 236 valence electrons. The monoisotopic (exact) mass is 627 g/mol. The molecule has 45 heavy (non-hydrogen) atoms. The van der Waals surface area contributed by atoms with Gasteiger partial charge in [-0.1, -0.05) is 65.7 Å². The molecule has 0 bridgehead atoms. The van der Waals surface area contributed by atoms with Gasteiger partial charge in [0.1, 0.15) is 24.1 Å². The molecule has 1 N–H and O–H groups in total. The van der Waals surface area contributed by atoms with E-state index in [1.54, 1.807) is 43.3 Å². The second-order valence-electron chi connectivity index (χ2n) is 12.2. The molecule has 0 radical (unpaired) electrons. The first kappa shape index (κ1) is 33.3. The van der Waals surface area contributed by atoms with Crippen molar-refractivity contribution in [1.29, 1.82) is 0 Å². The molecule has 0 heterocycles. The molecular weight excluding hydrogens is 586 g/mol. The Bertz CT molecular complexity index is 1700. The van der Waals surface area contributed by atoms with Crippen molar-refractivity contribution in [2.75, 3.05) is 10.8 Å². The number of hydrogen-bond donors (Lipinski definition) is 1. The van der Waals surface area contributed by atoms with Crippen molar-refractivity contribution < 1.29 is 22.7 Å². The minimum Gasteiger partial charge on any atom is -0.457 e. The smallest absolute Gasteiger partial charge is 0.264 e. The van der Waals surface area contributed by atoms with E-state index in [4.69, 9.17) is 4.74 Å². The van der Waals surface area contributed by atoms with E-state index in [0.29, 0.717) is 11.5 Å². The molecule has 0 fully saturated rings. The predicted octanol–water partition coefficient (Wildman–Crippen LogP) is 6.62. The molecule has 1 atom stereocenters. The van der Waals surface area contributed by atoms with Crippen LogP contribution in [0.4, 0.5) is 5.69 Å². The minimum absolute atomic E-state index is 0.0501. The summed E-state index contributed by atoms with van der Waals surface area (Å²) in [7, 11) is -4.18. The Kier molecular flexibility index (Phi) is 10.3. The summed E-state index contributed by atoms with van der Waals surface area (Å²) in [4.78, 5) is 28.9. The van der Waals surface area contributed by atoms with E-state index in [1.165, 1.54) is 17.0 Å². The fraction of sp³-hybridized carbons (Fsp3) is 0.278. The van der Waals surface area contributed by atoms with Crippen LogP contribution in [-0.4, -0.2) is 43.3 Å². The first-order valence-corrected chi connectivity index (χ1v) is 16.3. The molecule has 0 saturated heterocycles. The standard InChI is InChI=1S/C36H41N3O5S/c1-26-12-16-29(17-13-26)24-38(28(3)35(41)37-36(4,5)6)34(40)25-39(45(42,43)33-22-14-27(2)15-23-33)30-18-20-32(21-19-30)44-31-10-8-7-9-11-31/h7-23,28H,24-25H2,1-6H3,(H,37,41)/t28-/m1/s1. The predicted molar refractivity (Wildman–Crippen MR) is 178 cm³/mol. The maximum atomic E-state index is 14.2. The molecule has 9 heteroatoms. The van der Waals surface area contributed by atoms with Crippen LogP contribution in [0.25, 0.3) is 0 Å². The first-order valence-electron chi connectivity index (χ1n) is 14.8. The number of anilines is 1. The molecule has 0 aromatic heterocycles. The van der Waals surface area contributed by atoms with E-state index in [1.807, 2.05) is 89.2 Å². The Labute approximate surface area is 266 Å². The number of aryl methyl sites for hydroxylation is 2. The average Bonchev–Trinajstić information content (AvgIpc) is 2.99. The number of carbonyl (C=O) groups excluding carboxylic acids is 2. The zero-order valence-corrected chi connectivity index (χ0v) is 27.5. The number of hydrogen-bond acceptors (Lipinski definition) is 5. The normalized spacial score (nSPS) is 12.2. The van der Waals surface area contributed by atoms with Crippen molar-refractivity contribution in [3.63, 3.8) is 0 Å². The highest BCUT2D eigenvalue weighted by Crippen LogP contribution is 2.29. The van der Waals surface area contributed by atoms with Gasteiger partial charge in [-0.05, 0) is 95.6 Å². The van der Waals surface area contributed by atoms with Gasteiger partial charge in [-0.25, -0.2) is 8.42 Å². The van der Waals surface area contributed by atoms with E-state index >= 15 is 0 Å². The van der Waals surface area contributed by atoms with Crippen LogP contribution in [-0.2, 0) is 26.2 Å². The summed E-state index contributed by atoms with van der Waals surface area (Å²) in [6.07, 6.45) is 0. The number of nitrogens with zero attached hydrogens (tertiary/aromatic N) is 2. The van der Waals surface area contributed by atoms with Crippen LogP contribution >= 0.6 is 0 Å². The lowest BCUT2D eigenvalue weighted by Crippen LogP contribution is -2.54. The maximum Gasteiger partial charge on any atom is 0.264 e.